The van der Waals surface area contributed by atoms with Crippen molar-refractivity contribution in [3.05, 3.63) is 29.7 Å². The molecule has 2 aromatic rings. The molecule has 0 spiro atoms. The van der Waals surface area contributed by atoms with Gasteiger partial charge in [0.05, 0.1) is 24.3 Å². The Morgan fingerprint density at radius 3 is 2.73 bits per heavy atom. The van der Waals surface area contributed by atoms with Crippen LogP contribution >= 0.6 is 0 Å². The van der Waals surface area contributed by atoms with Gasteiger partial charge in [-0.05, 0) is 33.3 Å². The normalized spacial score (nSPS) is 12.7. The number of aromatic nitrogens is 2. The lowest BCUT2D eigenvalue weighted by Crippen LogP contribution is -2.36. The molecule has 7 nitrogen and oxygen atoms in total. The third-order valence-corrected chi connectivity index (χ3v) is 3.63. The highest BCUT2D eigenvalue weighted by Gasteiger charge is 2.20. The summed E-state index contributed by atoms with van der Waals surface area (Å²) in [5.74, 6) is -0.580. The topological polar surface area (TPSA) is 93.6 Å². The van der Waals surface area contributed by atoms with Gasteiger partial charge < -0.3 is 19.9 Å². The number of halogens is 1. The Morgan fingerprint density at radius 2 is 2.12 bits per heavy atom. The van der Waals surface area contributed by atoms with E-state index >= 15 is 0 Å². The van der Waals surface area contributed by atoms with E-state index < -0.39 is 23.4 Å². The molecule has 0 aromatic carbocycles. The van der Waals surface area contributed by atoms with Crippen LogP contribution in [0.25, 0.3) is 11.0 Å². The highest BCUT2D eigenvalue weighted by atomic mass is 19.1. The van der Waals surface area contributed by atoms with E-state index in [0.29, 0.717) is 22.5 Å². The van der Waals surface area contributed by atoms with Crippen molar-refractivity contribution >= 4 is 17.1 Å². The molecule has 0 saturated heterocycles. The van der Waals surface area contributed by atoms with E-state index in [-0.39, 0.29) is 19.6 Å². The van der Waals surface area contributed by atoms with E-state index in [1.807, 2.05) is 0 Å². The zero-order valence-electron chi connectivity index (χ0n) is 15.4. The fraction of sp³-hybridized carbons (Fsp3) is 0.500. The first-order chi connectivity index (χ1) is 12.2. The first-order valence-electron chi connectivity index (χ1n) is 8.29. The Morgan fingerprint density at radius 1 is 1.38 bits per heavy atom. The molecule has 1 atom stereocenters. The number of nitrogens with zero attached hydrogens (tertiary/aromatic N) is 2. The molecule has 0 radical (unpaired) electrons. The van der Waals surface area contributed by atoms with Crippen molar-refractivity contribution in [1.29, 1.82) is 0 Å². The van der Waals surface area contributed by atoms with Crippen molar-refractivity contribution in [3.63, 3.8) is 0 Å². The quantitative estimate of drug-likeness (QED) is 0.817. The minimum Gasteiger partial charge on any atom is -0.481 e. The van der Waals surface area contributed by atoms with Crippen LogP contribution in [0, 0.1) is 11.7 Å². The molecule has 0 aliphatic heterocycles. The Bertz CT molecular complexity index is 777. The molecule has 8 heteroatoms. The van der Waals surface area contributed by atoms with Crippen LogP contribution in [0.15, 0.2) is 18.3 Å². The van der Waals surface area contributed by atoms with Crippen molar-refractivity contribution in [1.82, 2.24) is 15.3 Å². The molecule has 1 amide bonds. The second kappa shape index (κ2) is 8.27. The molecule has 2 rings (SSSR count). The fourth-order valence-corrected chi connectivity index (χ4v) is 2.42. The van der Waals surface area contributed by atoms with Crippen molar-refractivity contribution in [3.8, 4) is 5.88 Å². The van der Waals surface area contributed by atoms with Gasteiger partial charge in [0.25, 0.3) is 0 Å². The molecule has 2 aromatic heterocycles. The van der Waals surface area contributed by atoms with Gasteiger partial charge in [0.1, 0.15) is 11.4 Å². The summed E-state index contributed by atoms with van der Waals surface area (Å²) in [5.41, 5.74) is 0.602. The second-order valence-corrected chi connectivity index (χ2v) is 6.94. The van der Waals surface area contributed by atoms with Gasteiger partial charge in [-0.2, -0.15) is 0 Å². The first kappa shape index (κ1) is 19.8. The zero-order valence-corrected chi connectivity index (χ0v) is 15.4. The number of ether oxygens (including phenoxy) is 2. The summed E-state index contributed by atoms with van der Waals surface area (Å²) in [4.78, 5) is 20.1. The smallest absolute Gasteiger partial charge is 0.407 e. The first-order valence-corrected chi connectivity index (χ1v) is 8.29. The van der Waals surface area contributed by atoms with E-state index in [4.69, 9.17) is 9.47 Å². The van der Waals surface area contributed by atoms with Crippen LogP contribution in [-0.2, 0) is 11.2 Å². The van der Waals surface area contributed by atoms with E-state index in [1.165, 1.54) is 7.11 Å². The highest BCUT2D eigenvalue weighted by molar-refractivity contribution is 5.78. The number of nitrogens with one attached hydrogen (secondary N) is 1. The zero-order chi connectivity index (χ0) is 19.3. The van der Waals surface area contributed by atoms with Gasteiger partial charge in [0.15, 0.2) is 0 Å². The van der Waals surface area contributed by atoms with Gasteiger partial charge in [0, 0.05) is 30.7 Å². The standard InChI is InChI=1S/C18H24FN3O4/c1-18(2,3)26-17(24)21-8-11(10-23)7-12-13(19)9-20-14-5-6-15(25-4)22-16(12)14/h5-6,9,11,23H,7-8,10H2,1-4H3,(H,21,24). The van der Waals surface area contributed by atoms with E-state index in [9.17, 15) is 14.3 Å². The number of hydrogen-bond donors (Lipinski definition) is 2. The van der Waals surface area contributed by atoms with Crippen molar-refractivity contribution < 1.29 is 23.8 Å². The van der Waals surface area contributed by atoms with Gasteiger partial charge >= 0.3 is 6.09 Å². The van der Waals surface area contributed by atoms with Crippen LogP contribution in [-0.4, -0.2) is 47.0 Å². The Labute approximate surface area is 151 Å². The molecule has 0 saturated carbocycles. The largest absolute Gasteiger partial charge is 0.481 e. The summed E-state index contributed by atoms with van der Waals surface area (Å²) < 4.78 is 24.6. The number of methoxy groups -OCH3 is 1. The third kappa shape index (κ3) is 5.26. The lowest BCUT2D eigenvalue weighted by molar-refractivity contribution is 0.0512. The van der Waals surface area contributed by atoms with Crippen molar-refractivity contribution in [2.24, 2.45) is 5.92 Å². The summed E-state index contributed by atoms with van der Waals surface area (Å²) in [7, 11) is 1.47. The molecule has 2 N–H and O–H groups in total. The summed E-state index contributed by atoms with van der Waals surface area (Å²) in [6.07, 6.45) is 0.717. The fourth-order valence-electron chi connectivity index (χ4n) is 2.42. The van der Waals surface area contributed by atoms with Gasteiger partial charge in [-0.25, -0.2) is 14.2 Å². The molecular weight excluding hydrogens is 341 g/mol. The predicted octanol–water partition coefficient (Wildman–Crippen LogP) is 2.45. The molecular formula is C18H24FN3O4. The van der Waals surface area contributed by atoms with Crippen molar-refractivity contribution in [2.45, 2.75) is 32.8 Å². The molecule has 0 fully saturated rings. The highest BCUT2D eigenvalue weighted by Crippen LogP contribution is 2.23. The summed E-state index contributed by atoms with van der Waals surface area (Å²) in [6, 6.07) is 3.33. The lowest BCUT2D eigenvalue weighted by Gasteiger charge is -2.21. The van der Waals surface area contributed by atoms with E-state index in [2.05, 4.69) is 15.3 Å². The lowest BCUT2D eigenvalue weighted by atomic mass is 9.99. The molecule has 0 aliphatic rings. The van der Waals surface area contributed by atoms with Crippen LogP contribution in [0.4, 0.5) is 9.18 Å². The minimum absolute atomic E-state index is 0.138. The van der Waals surface area contributed by atoms with Crippen LogP contribution in [0.3, 0.4) is 0 Å². The van der Waals surface area contributed by atoms with Gasteiger partial charge in [0.2, 0.25) is 5.88 Å². The molecule has 1 unspecified atom stereocenters. The number of fused-ring (bicyclic) bond motifs is 1. The SMILES string of the molecule is COc1ccc2ncc(F)c(CC(CO)CNC(=O)OC(C)(C)C)c2n1. The van der Waals surface area contributed by atoms with Gasteiger partial charge in [-0.3, -0.25) is 4.98 Å². The number of alkyl carbamates (subject to hydrolysis) is 1. The van der Waals surface area contributed by atoms with E-state index in [0.717, 1.165) is 6.20 Å². The number of amides is 1. The van der Waals surface area contributed by atoms with Gasteiger partial charge in [-0.15, -0.1) is 0 Å². The number of aliphatic hydroxyl groups is 1. The number of carbonyl (C=O) groups excluding carboxylic acids is 1. The Kier molecular flexibility index (Phi) is 6.31. The van der Waals surface area contributed by atoms with Crippen LogP contribution in [0.2, 0.25) is 0 Å². The monoisotopic (exact) mass is 365 g/mol. The Hall–Kier alpha value is -2.48. The van der Waals surface area contributed by atoms with Crippen molar-refractivity contribution in [2.75, 3.05) is 20.3 Å². The van der Waals surface area contributed by atoms with Crippen LogP contribution in [0.1, 0.15) is 26.3 Å². The van der Waals surface area contributed by atoms with Crippen LogP contribution in [0.5, 0.6) is 5.88 Å². The average Bonchev–Trinajstić information content (AvgIpc) is 2.58. The molecule has 142 valence electrons. The average molecular weight is 365 g/mol. The van der Waals surface area contributed by atoms with Crippen LogP contribution < -0.4 is 10.1 Å². The maximum Gasteiger partial charge on any atom is 0.407 e. The number of pyridine rings is 2. The number of hydrogen-bond acceptors (Lipinski definition) is 6. The summed E-state index contributed by atoms with van der Waals surface area (Å²) in [6.45, 7) is 5.18. The molecule has 0 aliphatic carbocycles. The third-order valence-electron chi connectivity index (χ3n) is 3.63. The number of aliphatic hydroxyl groups excluding tert-OH is 1. The van der Waals surface area contributed by atoms with E-state index in [1.54, 1.807) is 32.9 Å². The molecule has 26 heavy (non-hydrogen) atoms. The Balaban J connectivity index is 2.17. The predicted molar refractivity (Wildman–Crippen MR) is 94.6 cm³/mol. The second-order valence-electron chi connectivity index (χ2n) is 6.94. The minimum atomic E-state index is -0.618. The number of rotatable bonds is 6. The maximum atomic E-state index is 14.3. The van der Waals surface area contributed by atoms with Gasteiger partial charge in [-0.1, -0.05) is 0 Å². The molecule has 2 heterocycles. The summed E-state index contributed by atoms with van der Waals surface area (Å²) in [5, 5.41) is 12.2. The summed E-state index contributed by atoms with van der Waals surface area (Å²) >= 11 is 0. The number of carbonyl (C=O) groups is 1. The maximum absolute atomic E-state index is 14.3. The molecule has 0 bridgehead atoms.